The Morgan fingerprint density at radius 2 is 2.15 bits per heavy atom. The first kappa shape index (κ1) is 7.86. The molecule has 0 radical (unpaired) electrons. The van der Waals surface area contributed by atoms with Crippen molar-refractivity contribution in [2.24, 2.45) is 0 Å². The molecule has 0 aliphatic heterocycles. The van der Waals surface area contributed by atoms with Gasteiger partial charge in [0.05, 0.1) is 5.39 Å². The molecule has 66 valence electrons. The Morgan fingerprint density at radius 3 is 2.92 bits per heavy atom. The highest BCUT2D eigenvalue weighted by molar-refractivity contribution is 5.81. The maximum Gasteiger partial charge on any atom is 0.215 e. The van der Waals surface area contributed by atoms with E-state index in [1.54, 1.807) is 6.07 Å². The summed E-state index contributed by atoms with van der Waals surface area (Å²) in [6.45, 7) is 1.89. The fraction of sp³-hybridized carbons (Fsp3) is 0.100. The molecular formula is C10H9NO2. The normalized spacial score (nSPS) is 10.5. The first-order chi connectivity index (χ1) is 6.20. The Morgan fingerprint density at radius 1 is 1.38 bits per heavy atom. The smallest absolute Gasteiger partial charge is 0.215 e. The summed E-state index contributed by atoms with van der Waals surface area (Å²) in [4.78, 5) is 11.5. The standard InChI is InChI=1S/C10H9NO2/c1-6-3-2-4-7-9(12)8(11)5-13-10(6)7/h2-5H,11H2,1H3. The maximum absolute atomic E-state index is 11.5. The summed E-state index contributed by atoms with van der Waals surface area (Å²) in [6.07, 6.45) is 1.29. The highest BCUT2D eigenvalue weighted by Crippen LogP contribution is 2.15. The molecule has 0 bridgehead atoms. The van der Waals surface area contributed by atoms with Crippen LogP contribution >= 0.6 is 0 Å². The average molecular weight is 175 g/mol. The highest BCUT2D eigenvalue weighted by atomic mass is 16.3. The van der Waals surface area contributed by atoms with Crippen molar-refractivity contribution in [3.8, 4) is 0 Å². The van der Waals surface area contributed by atoms with Crippen molar-refractivity contribution >= 4 is 16.7 Å². The molecular weight excluding hydrogens is 166 g/mol. The maximum atomic E-state index is 11.5. The summed E-state index contributed by atoms with van der Waals surface area (Å²) in [5, 5.41) is 0.542. The lowest BCUT2D eigenvalue weighted by Crippen LogP contribution is -2.07. The lowest BCUT2D eigenvalue weighted by Gasteiger charge is -1.99. The van der Waals surface area contributed by atoms with Crippen LogP contribution in [0, 0.1) is 6.92 Å². The third-order valence-corrected chi connectivity index (χ3v) is 2.02. The fourth-order valence-corrected chi connectivity index (χ4v) is 1.32. The highest BCUT2D eigenvalue weighted by Gasteiger charge is 2.04. The van der Waals surface area contributed by atoms with Gasteiger partial charge in [-0.2, -0.15) is 0 Å². The molecule has 1 aromatic carbocycles. The van der Waals surface area contributed by atoms with Crippen molar-refractivity contribution in [1.29, 1.82) is 0 Å². The third kappa shape index (κ3) is 1.09. The zero-order chi connectivity index (χ0) is 9.42. The summed E-state index contributed by atoms with van der Waals surface area (Å²) >= 11 is 0. The Kier molecular flexibility index (Phi) is 1.59. The molecule has 13 heavy (non-hydrogen) atoms. The van der Waals surface area contributed by atoms with E-state index in [4.69, 9.17) is 10.2 Å². The monoisotopic (exact) mass is 175 g/mol. The van der Waals surface area contributed by atoms with Crippen LogP contribution in [0.3, 0.4) is 0 Å². The minimum Gasteiger partial charge on any atom is -0.462 e. The molecule has 0 amide bonds. The summed E-state index contributed by atoms with van der Waals surface area (Å²) in [5.74, 6) is 0. The number of nitrogen functional groups attached to an aromatic ring is 1. The lowest BCUT2D eigenvalue weighted by molar-refractivity contribution is 0.602. The van der Waals surface area contributed by atoms with Crippen LogP contribution in [0.1, 0.15) is 5.56 Å². The van der Waals surface area contributed by atoms with Crippen LogP contribution in [0.25, 0.3) is 11.0 Å². The van der Waals surface area contributed by atoms with Gasteiger partial charge in [-0.1, -0.05) is 12.1 Å². The van der Waals surface area contributed by atoms with Crippen molar-refractivity contribution in [1.82, 2.24) is 0 Å². The predicted molar refractivity (Wildman–Crippen MR) is 51.6 cm³/mol. The predicted octanol–water partition coefficient (Wildman–Crippen LogP) is 1.68. The number of fused-ring (bicyclic) bond motifs is 1. The average Bonchev–Trinajstić information content (AvgIpc) is 2.12. The molecule has 2 N–H and O–H groups in total. The van der Waals surface area contributed by atoms with E-state index in [1.807, 2.05) is 19.1 Å². The number of hydrogen-bond donors (Lipinski definition) is 1. The van der Waals surface area contributed by atoms with Gasteiger partial charge in [-0.05, 0) is 18.6 Å². The number of anilines is 1. The van der Waals surface area contributed by atoms with Crippen LogP contribution in [-0.2, 0) is 0 Å². The molecule has 0 spiro atoms. The minimum absolute atomic E-state index is 0.151. The largest absolute Gasteiger partial charge is 0.462 e. The van der Waals surface area contributed by atoms with Gasteiger partial charge in [-0.15, -0.1) is 0 Å². The zero-order valence-corrected chi connectivity index (χ0v) is 7.20. The molecule has 0 atom stereocenters. The van der Waals surface area contributed by atoms with Crippen LogP contribution in [-0.4, -0.2) is 0 Å². The van der Waals surface area contributed by atoms with Gasteiger partial charge in [0, 0.05) is 0 Å². The van der Waals surface area contributed by atoms with Gasteiger partial charge in [0.1, 0.15) is 17.5 Å². The summed E-state index contributed by atoms with van der Waals surface area (Å²) in [7, 11) is 0. The molecule has 0 saturated heterocycles. The molecule has 2 aromatic rings. The number of rotatable bonds is 0. The lowest BCUT2D eigenvalue weighted by atomic mass is 10.1. The van der Waals surface area contributed by atoms with Crippen LogP contribution in [0.15, 0.2) is 33.7 Å². The second-order valence-corrected chi connectivity index (χ2v) is 2.97. The van der Waals surface area contributed by atoms with E-state index in [2.05, 4.69) is 0 Å². The molecule has 0 aliphatic rings. The molecule has 1 heterocycles. The van der Waals surface area contributed by atoms with Gasteiger partial charge in [-0.3, -0.25) is 4.79 Å². The molecule has 0 saturated carbocycles. The quantitative estimate of drug-likeness (QED) is 0.662. The van der Waals surface area contributed by atoms with Crippen LogP contribution in [0.5, 0.6) is 0 Å². The van der Waals surface area contributed by atoms with Gasteiger partial charge in [0.15, 0.2) is 0 Å². The van der Waals surface area contributed by atoms with Crippen LogP contribution < -0.4 is 11.2 Å². The molecule has 0 aliphatic carbocycles. The first-order valence-electron chi connectivity index (χ1n) is 3.97. The second kappa shape index (κ2) is 2.62. The molecule has 0 unspecified atom stereocenters. The van der Waals surface area contributed by atoms with Crippen molar-refractivity contribution < 1.29 is 4.42 Å². The topological polar surface area (TPSA) is 56.2 Å². The number of nitrogens with two attached hydrogens (primary N) is 1. The van der Waals surface area contributed by atoms with Gasteiger partial charge in [0.25, 0.3) is 0 Å². The first-order valence-corrected chi connectivity index (χ1v) is 3.97. The van der Waals surface area contributed by atoms with Gasteiger partial charge >= 0.3 is 0 Å². The molecule has 2 rings (SSSR count). The fourth-order valence-electron chi connectivity index (χ4n) is 1.32. The van der Waals surface area contributed by atoms with Gasteiger partial charge < -0.3 is 10.2 Å². The van der Waals surface area contributed by atoms with E-state index in [0.29, 0.717) is 11.0 Å². The van der Waals surface area contributed by atoms with Crippen molar-refractivity contribution in [3.05, 3.63) is 40.2 Å². The summed E-state index contributed by atoms with van der Waals surface area (Å²) in [6, 6.07) is 5.42. The molecule has 1 aromatic heterocycles. The second-order valence-electron chi connectivity index (χ2n) is 2.97. The van der Waals surface area contributed by atoms with E-state index >= 15 is 0 Å². The van der Waals surface area contributed by atoms with E-state index in [9.17, 15) is 4.79 Å². The third-order valence-electron chi connectivity index (χ3n) is 2.02. The molecule has 3 nitrogen and oxygen atoms in total. The van der Waals surface area contributed by atoms with Gasteiger partial charge in [-0.25, -0.2) is 0 Å². The number of para-hydroxylation sites is 1. The van der Waals surface area contributed by atoms with E-state index in [1.165, 1.54) is 6.26 Å². The number of benzene rings is 1. The number of aryl methyl sites for hydroxylation is 1. The molecule has 0 fully saturated rings. The van der Waals surface area contributed by atoms with Crippen molar-refractivity contribution in [3.63, 3.8) is 0 Å². The van der Waals surface area contributed by atoms with Crippen LogP contribution in [0.4, 0.5) is 5.69 Å². The number of hydrogen-bond acceptors (Lipinski definition) is 3. The summed E-state index contributed by atoms with van der Waals surface area (Å²) in [5.41, 5.74) is 6.97. The SMILES string of the molecule is Cc1cccc2c(=O)c(N)coc12. The Hall–Kier alpha value is -1.77. The Labute approximate surface area is 74.8 Å². The minimum atomic E-state index is -0.162. The summed E-state index contributed by atoms with van der Waals surface area (Å²) < 4.78 is 5.23. The van der Waals surface area contributed by atoms with Gasteiger partial charge in [0.2, 0.25) is 5.43 Å². The Balaban J connectivity index is 3.03. The zero-order valence-electron chi connectivity index (χ0n) is 7.20. The molecule has 3 heteroatoms. The van der Waals surface area contributed by atoms with E-state index in [-0.39, 0.29) is 11.1 Å². The Bertz CT molecular complexity index is 514. The van der Waals surface area contributed by atoms with Crippen molar-refractivity contribution in [2.45, 2.75) is 6.92 Å². The van der Waals surface area contributed by atoms with E-state index in [0.717, 1.165) is 5.56 Å². The van der Waals surface area contributed by atoms with E-state index < -0.39 is 0 Å². The van der Waals surface area contributed by atoms with Crippen molar-refractivity contribution in [2.75, 3.05) is 5.73 Å². The van der Waals surface area contributed by atoms with Crippen LogP contribution in [0.2, 0.25) is 0 Å².